The number of rotatable bonds is 3. The molecule has 1 fully saturated rings. The number of piperidine rings is 1. The molecule has 25 heavy (non-hydrogen) atoms. The van der Waals surface area contributed by atoms with Crippen molar-refractivity contribution >= 4 is 23.6 Å². The Morgan fingerprint density at radius 2 is 2.08 bits per heavy atom. The van der Waals surface area contributed by atoms with Crippen molar-refractivity contribution < 1.29 is 24.2 Å². The summed E-state index contributed by atoms with van der Waals surface area (Å²) >= 11 is 6.24. The highest BCUT2D eigenvalue weighted by molar-refractivity contribution is 6.32. The van der Waals surface area contributed by atoms with Gasteiger partial charge in [-0.05, 0) is 30.5 Å². The van der Waals surface area contributed by atoms with E-state index in [1.54, 1.807) is 11.0 Å². The number of hydrogen-bond donors (Lipinski definition) is 2. The van der Waals surface area contributed by atoms with Gasteiger partial charge in [0.1, 0.15) is 0 Å². The van der Waals surface area contributed by atoms with E-state index in [0.717, 1.165) is 12.0 Å². The van der Waals surface area contributed by atoms with Crippen LogP contribution in [0.15, 0.2) is 12.1 Å². The van der Waals surface area contributed by atoms with E-state index in [9.17, 15) is 9.59 Å². The third-order valence-electron chi connectivity index (χ3n) is 4.36. The van der Waals surface area contributed by atoms with Gasteiger partial charge in [0, 0.05) is 26.1 Å². The van der Waals surface area contributed by atoms with Gasteiger partial charge in [0.25, 0.3) is 0 Å². The summed E-state index contributed by atoms with van der Waals surface area (Å²) in [6.07, 6.45) is 2.09. The van der Waals surface area contributed by atoms with Gasteiger partial charge in [0.2, 0.25) is 0 Å². The molecule has 1 aromatic carbocycles. The monoisotopic (exact) mass is 368 g/mol. The number of amides is 2. The summed E-state index contributed by atoms with van der Waals surface area (Å²) in [6, 6.07) is 3.28. The van der Waals surface area contributed by atoms with Gasteiger partial charge in [0.15, 0.2) is 11.5 Å². The predicted molar refractivity (Wildman–Crippen MR) is 91.2 cm³/mol. The number of halogens is 1. The molecule has 2 N–H and O–H groups in total. The summed E-state index contributed by atoms with van der Waals surface area (Å²) < 4.78 is 11.2. The van der Waals surface area contributed by atoms with E-state index in [1.807, 2.05) is 6.07 Å². The van der Waals surface area contributed by atoms with Crippen molar-refractivity contribution in [2.24, 2.45) is 5.92 Å². The minimum absolute atomic E-state index is 0.239. The van der Waals surface area contributed by atoms with E-state index in [-0.39, 0.29) is 19.1 Å². The number of urea groups is 1. The molecule has 136 valence electrons. The molecule has 8 heteroatoms. The van der Waals surface area contributed by atoms with E-state index < -0.39 is 11.9 Å². The molecule has 1 saturated heterocycles. The van der Waals surface area contributed by atoms with Crippen LogP contribution in [0.3, 0.4) is 0 Å². The number of carbonyl (C=O) groups is 2. The van der Waals surface area contributed by atoms with E-state index in [2.05, 4.69) is 5.32 Å². The first-order valence-corrected chi connectivity index (χ1v) is 8.76. The summed E-state index contributed by atoms with van der Waals surface area (Å²) in [4.78, 5) is 25.0. The maximum Gasteiger partial charge on any atom is 0.317 e. The molecular formula is C17H21ClN2O5. The molecule has 0 spiro atoms. The molecule has 1 aromatic rings. The smallest absolute Gasteiger partial charge is 0.317 e. The number of nitrogens with one attached hydrogen (secondary N) is 1. The molecule has 0 aliphatic carbocycles. The van der Waals surface area contributed by atoms with Crippen molar-refractivity contribution in [2.45, 2.75) is 25.8 Å². The first kappa shape index (κ1) is 17.7. The minimum atomic E-state index is -0.854. The minimum Gasteiger partial charge on any atom is -0.489 e. The van der Waals surface area contributed by atoms with Gasteiger partial charge in [-0.3, -0.25) is 4.79 Å². The standard InChI is InChI=1S/C17H21ClN2O5/c18-13-7-11(8-14-15(13)25-6-2-5-24-14)9-19-17(23)20-4-1-3-12(10-20)16(21)22/h7-8,12H,1-6,9-10H2,(H,19,23)(H,21,22). The molecule has 1 atom stereocenters. The van der Waals surface area contributed by atoms with Gasteiger partial charge in [-0.1, -0.05) is 11.6 Å². The lowest BCUT2D eigenvalue weighted by molar-refractivity contribution is -0.143. The molecule has 2 heterocycles. The van der Waals surface area contributed by atoms with Crippen LogP contribution in [0.2, 0.25) is 5.02 Å². The molecule has 1 unspecified atom stereocenters. The second kappa shape index (κ2) is 7.82. The molecule has 2 amide bonds. The van der Waals surface area contributed by atoms with Crippen molar-refractivity contribution in [3.8, 4) is 11.5 Å². The summed E-state index contributed by atoms with van der Waals surface area (Å²) in [7, 11) is 0. The van der Waals surface area contributed by atoms with Crippen LogP contribution < -0.4 is 14.8 Å². The lowest BCUT2D eigenvalue weighted by Gasteiger charge is -2.30. The summed E-state index contributed by atoms with van der Waals surface area (Å²) in [5.41, 5.74) is 0.800. The van der Waals surface area contributed by atoms with Crippen LogP contribution in [-0.2, 0) is 11.3 Å². The quantitative estimate of drug-likeness (QED) is 0.855. The molecule has 0 bridgehead atoms. The first-order chi connectivity index (χ1) is 12.0. The Kier molecular flexibility index (Phi) is 5.53. The first-order valence-electron chi connectivity index (χ1n) is 8.38. The highest BCUT2D eigenvalue weighted by Crippen LogP contribution is 2.37. The summed E-state index contributed by atoms with van der Waals surface area (Å²) in [5, 5.41) is 12.4. The maximum absolute atomic E-state index is 12.3. The SMILES string of the molecule is O=C(O)C1CCCN(C(=O)NCc2cc(Cl)c3c(c2)OCCCO3)C1. The lowest BCUT2D eigenvalue weighted by Crippen LogP contribution is -2.46. The predicted octanol–water partition coefficient (Wildman–Crippen LogP) is 2.51. The molecule has 0 radical (unpaired) electrons. The van der Waals surface area contributed by atoms with Gasteiger partial charge in [0.05, 0.1) is 24.2 Å². The number of carbonyl (C=O) groups excluding carboxylic acids is 1. The third kappa shape index (κ3) is 4.28. The zero-order valence-corrected chi connectivity index (χ0v) is 14.6. The normalized spacial score (nSPS) is 19.9. The Morgan fingerprint density at radius 1 is 1.28 bits per heavy atom. The average molecular weight is 369 g/mol. The third-order valence-corrected chi connectivity index (χ3v) is 4.64. The van der Waals surface area contributed by atoms with Crippen LogP contribution in [-0.4, -0.2) is 48.3 Å². The molecular weight excluding hydrogens is 348 g/mol. The maximum atomic E-state index is 12.3. The zero-order valence-electron chi connectivity index (χ0n) is 13.8. The van der Waals surface area contributed by atoms with Crippen molar-refractivity contribution in [3.05, 3.63) is 22.7 Å². The van der Waals surface area contributed by atoms with Gasteiger partial charge in [-0.15, -0.1) is 0 Å². The average Bonchev–Trinajstić information content (AvgIpc) is 2.85. The number of fused-ring (bicyclic) bond motifs is 1. The number of nitrogens with zero attached hydrogens (tertiary/aromatic N) is 1. The van der Waals surface area contributed by atoms with Gasteiger partial charge >= 0.3 is 12.0 Å². The van der Waals surface area contributed by atoms with E-state index >= 15 is 0 Å². The highest BCUT2D eigenvalue weighted by atomic mass is 35.5. The summed E-state index contributed by atoms with van der Waals surface area (Å²) in [6.45, 7) is 2.20. The Labute approximate surface area is 150 Å². The largest absolute Gasteiger partial charge is 0.489 e. The van der Waals surface area contributed by atoms with Crippen molar-refractivity contribution in [1.29, 1.82) is 0 Å². The van der Waals surface area contributed by atoms with Gasteiger partial charge in [-0.2, -0.15) is 0 Å². The van der Waals surface area contributed by atoms with Crippen molar-refractivity contribution in [2.75, 3.05) is 26.3 Å². The van der Waals surface area contributed by atoms with Crippen LogP contribution in [0.25, 0.3) is 0 Å². The van der Waals surface area contributed by atoms with Crippen molar-refractivity contribution in [3.63, 3.8) is 0 Å². The Balaban J connectivity index is 1.61. The molecule has 2 aliphatic rings. The molecule has 3 rings (SSSR count). The fourth-order valence-electron chi connectivity index (χ4n) is 3.04. The highest BCUT2D eigenvalue weighted by Gasteiger charge is 2.28. The number of aliphatic carboxylic acids is 1. The number of carboxylic acids is 1. The Morgan fingerprint density at radius 3 is 2.88 bits per heavy atom. The van der Waals surface area contributed by atoms with Crippen molar-refractivity contribution in [1.82, 2.24) is 10.2 Å². The second-order valence-corrected chi connectivity index (χ2v) is 6.64. The molecule has 7 nitrogen and oxygen atoms in total. The number of carboxylic acid groups (broad SMARTS) is 1. The second-order valence-electron chi connectivity index (χ2n) is 6.24. The molecule has 0 aromatic heterocycles. The zero-order chi connectivity index (χ0) is 17.8. The molecule has 2 aliphatic heterocycles. The van der Waals surface area contributed by atoms with Crippen LogP contribution >= 0.6 is 11.6 Å². The van der Waals surface area contributed by atoms with Gasteiger partial charge < -0.3 is 24.8 Å². The van der Waals surface area contributed by atoms with E-state index in [1.165, 1.54) is 0 Å². The fourth-order valence-corrected chi connectivity index (χ4v) is 3.33. The van der Waals surface area contributed by atoms with Crippen LogP contribution in [0.4, 0.5) is 4.79 Å². The fraction of sp³-hybridized carbons (Fsp3) is 0.529. The van der Waals surface area contributed by atoms with Crippen LogP contribution in [0, 0.1) is 5.92 Å². The topological polar surface area (TPSA) is 88.1 Å². The van der Waals surface area contributed by atoms with Crippen LogP contribution in [0.1, 0.15) is 24.8 Å². The summed E-state index contributed by atoms with van der Waals surface area (Å²) in [5.74, 6) is -0.230. The van der Waals surface area contributed by atoms with Crippen LogP contribution in [0.5, 0.6) is 11.5 Å². The van der Waals surface area contributed by atoms with E-state index in [0.29, 0.717) is 49.1 Å². The Bertz CT molecular complexity index is 667. The number of benzene rings is 1. The van der Waals surface area contributed by atoms with E-state index in [4.69, 9.17) is 26.2 Å². The Hall–Kier alpha value is -2.15. The number of ether oxygens (including phenoxy) is 2. The number of likely N-dealkylation sites (tertiary alicyclic amines) is 1. The number of hydrogen-bond acceptors (Lipinski definition) is 4. The van der Waals surface area contributed by atoms with Gasteiger partial charge in [-0.25, -0.2) is 4.79 Å². The molecule has 0 saturated carbocycles. The lowest BCUT2D eigenvalue weighted by atomic mass is 9.99.